The minimum absolute atomic E-state index is 0.0768. The second-order valence-corrected chi connectivity index (χ2v) is 8.54. The van der Waals surface area contributed by atoms with E-state index < -0.39 is 17.7 Å². The van der Waals surface area contributed by atoms with E-state index in [1.54, 1.807) is 17.0 Å². The molecule has 2 aromatic rings. The highest BCUT2D eigenvalue weighted by Gasteiger charge is 2.45. The average Bonchev–Trinajstić information content (AvgIpc) is 3.06. The van der Waals surface area contributed by atoms with Crippen LogP contribution in [0.1, 0.15) is 43.0 Å². The number of ketones is 1. The lowest BCUT2D eigenvalue weighted by Crippen LogP contribution is -2.33. The fourth-order valence-electron chi connectivity index (χ4n) is 4.18. The van der Waals surface area contributed by atoms with Crippen LogP contribution in [-0.4, -0.2) is 59.9 Å². The van der Waals surface area contributed by atoms with E-state index >= 15 is 0 Å². The normalized spacial score (nSPS) is 17.8. The first kappa shape index (κ1) is 24.8. The van der Waals surface area contributed by atoms with Gasteiger partial charge in [0.05, 0.1) is 23.7 Å². The van der Waals surface area contributed by atoms with E-state index in [1.807, 2.05) is 31.2 Å². The summed E-state index contributed by atoms with van der Waals surface area (Å²) in [7, 11) is 1.50. The van der Waals surface area contributed by atoms with Crippen LogP contribution in [0.25, 0.3) is 5.76 Å². The number of likely N-dealkylation sites (tertiary alicyclic amines) is 1. The van der Waals surface area contributed by atoms with Crippen LogP contribution in [0.15, 0.2) is 48.0 Å². The van der Waals surface area contributed by atoms with Gasteiger partial charge < -0.3 is 19.6 Å². The number of amides is 1. The van der Waals surface area contributed by atoms with Crippen LogP contribution in [0, 0.1) is 6.92 Å². The predicted octanol–water partition coefficient (Wildman–Crippen LogP) is 4.81. The summed E-state index contributed by atoms with van der Waals surface area (Å²) in [4.78, 5) is 30.0. The number of benzene rings is 2. The lowest BCUT2D eigenvalue weighted by atomic mass is 9.94. The molecular weight excluding hydrogens is 440 g/mol. The van der Waals surface area contributed by atoms with Crippen molar-refractivity contribution in [2.75, 3.05) is 33.3 Å². The Hall–Kier alpha value is -2.83. The van der Waals surface area contributed by atoms with Crippen LogP contribution in [0.3, 0.4) is 0 Å². The van der Waals surface area contributed by atoms with Gasteiger partial charge in [0.1, 0.15) is 11.5 Å². The van der Waals surface area contributed by atoms with Crippen LogP contribution in [0.4, 0.5) is 0 Å². The van der Waals surface area contributed by atoms with E-state index in [1.165, 1.54) is 13.2 Å². The Morgan fingerprint density at radius 2 is 1.79 bits per heavy atom. The van der Waals surface area contributed by atoms with Crippen LogP contribution in [0.5, 0.6) is 5.75 Å². The molecular formula is C26H31ClN2O4. The largest absolute Gasteiger partial charge is 0.507 e. The molecule has 33 heavy (non-hydrogen) atoms. The molecule has 0 saturated carbocycles. The number of ether oxygens (including phenoxy) is 1. The third-order valence-electron chi connectivity index (χ3n) is 6.13. The van der Waals surface area contributed by atoms with Crippen molar-refractivity contribution >= 4 is 29.1 Å². The third-order valence-corrected chi connectivity index (χ3v) is 6.42. The molecule has 176 valence electrons. The van der Waals surface area contributed by atoms with Crippen molar-refractivity contribution in [3.8, 4) is 5.75 Å². The molecule has 2 aromatic carbocycles. The van der Waals surface area contributed by atoms with Gasteiger partial charge in [-0.1, -0.05) is 55.3 Å². The number of hydrogen-bond donors (Lipinski definition) is 1. The van der Waals surface area contributed by atoms with Gasteiger partial charge in [-0.25, -0.2) is 0 Å². The highest BCUT2D eigenvalue weighted by molar-refractivity contribution is 6.46. The van der Waals surface area contributed by atoms with Gasteiger partial charge >= 0.3 is 0 Å². The van der Waals surface area contributed by atoms with Crippen molar-refractivity contribution in [3.05, 3.63) is 69.8 Å². The van der Waals surface area contributed by atoms with Crippen LogP contribution >= 0.6 is 11.6 Å². The molecule has 1 saturated heterocycles. The summed E-state index contributed by atoms with van der Waals surface area (Å²) in [5, 5.41) is 11.5. The molecule has 1 fully saturated rings. The number of aryl methyl sites for hydroxylation is 1. The Balaban J connectivity index is 2.04. The Morgan fingerprint density at radius 1 is 1.12 bits per heavy atom. The third kappa shape index (κ3) is 5.23. The van der Waals surface area contributed by atoms with Gasteiger partial charge in [0.2, 0.25) is 0 Å². The number of methoxy groups -OCH3 is 1. The standard InChI is InChI=1S/C26H31ClN2O4/c1-5-28(6-2)14-7-15-29-23(18-10-8-17(3)9-11-18)22(25(31)26(29)32)24(30)19-12-13-21(33-4)20(27)16-19/h8-13,16,23,30H,5-7,14-15H2,1-4H3/b24-22+. The molecule has 0 spiro atoms. The van der Waals surface area contributed by atoms with Gasteiger partial charge in [-0.2, -0.15) is 0 Å². The number of nitrogens with zero attached hydrogens (tertiary/aromatic N) is 2. The number of hydrogen-bond acceptors (Lipinski definition) is 5. The number of carbonyl (C=O) groups excluding carboxylic acids is 2. The molecule has 1 amide bonds. The lowest BCUT2D eigenvalue weighted by molar-refractivity contribution is -0.140. The molecule has 7 heteroatoms. The van der Waals surface area contributed by atoms with E-state index in [9.17, 15) is 14.7 Å². The second-order valence-electron chi connectivity index (χ2n) is 8.13. The minimum Gasteiger partial charge on any atom is -0.507 e. The molecule has 0 aliphatic carbocycles. The van der Waals surface area contributed by atoms with Crippen molar-refractivity contribution < 1.29 is 19.4 Å². The first-order chi connectivity index (χ1) is 15.8. The summed E-state index contributed by atoms with van der Waals surface area (Å²) < 4.78 is 5.18. The lowest BCUT2D eigenvalue weighted by Gasteiger charge is -2.27. The first-order valence-corrected chi connectivity index (χ1v) is 11.6. The van der Waals surface area contributed by atoms with E-state index in [-0.39, 0.29) is 11.3 Å². The smallest absolute Gasteiger partial charge is 0.295 e. The van der Waals surface area contributed by atoms with Crippen LogP contribution < -0.4 is 4.74 Å². The average molecular weight is 471 g/mol. The quantitative estimate of drug-likeness (QED) is 0.323. The topological polar surface area (TPSA) is 70.1 Å². The Labute approximate surface area is 200 Å². The van der Waals surface area contributed by atoms with E-state index in [4.69, 9.17) is 16.3 Å². The van der Waals surface area contributed by atoms with Crippen molar-refractivity contribution in [2.24, 2.45) is 0 Å². The van der Waals surface area contributed by atoms with E-state index in [2.05, 4.69) is 18.7 Å². The minimum atomic E-state index is -0.687. The number of aliphatic hydroxyl groups is 1. The molecule has 1 unspecified atom stereocenters. The molecule has 1 aliphatic rings. The number of halogens is 1. The second kappa shape index (κ2) is 10.9. The SMILES string of the molecule is CCN(CC)CCCN1C(=O)C(=O)/C(=C(/O)c2ccc(OC)c(Cl)c2)C1c1ccc(C)cc1. The van der Waals surface area contributed by atoms with Crippen molar-refractivity contribution in [1.29, 1.82) is 0 Å². The van der Waals surface area contributed by atoms with Gasteiger partial charge in [0.15, 0.2) is 0 Å². The highest BCUT2D eigenvalue weighted by atomic mass is 35.5. The van der Waals surface area contributed by atoms with E-state index in [0.29, 0.717) is 22.9 Å². The van der Waals surface area contributed by atoms with Crippen molar-refractivity contribution in [3.63, 3.8) is 0 Å². The Bertz CT molecular complexity index is 1040. The summed E-state index contributed by atoms with van der Waals surface area (Å²) in [6, 6.07) is 11.8. The fraction of sp³-hybridized carbons (Fsp3) is 0.385. The molecule has 3 rings (SSSR count). The summed E-state index contributed by atoms with van der Waals surface area (Å²) in [6.07, 6.45) is 0.728. The molecule has 1 N–H and O–H groups in total. The van der Waals surface area contributed by atoms with Gasteiger partial charge in [0, 0.05) is 12.1 Å². The molecule has 0 aromatic heterocycles. The van der Waals surface area contributed by atoms with Crippen LogP contribution in [-0.2, 0) is 9.59 Å². The van der Waals surface area contributed by atoms with Crippen LogP contribution in [0.2, 0.25) is 5.02 Å². The summed E-state index contributed by atoms with van der Waals surface area (Å²) in [5.41, 5.74) is 2.29. The Kier molecular flexibility index (Phi) is 8.16. The highest BCUT2D eigenvalue weighted by Crippen LogP contribution is 2.40. The van der Waals surface area contributed by atoms with Gasteiger partial charge in [-0.15, -0.1) is 0 Å². The summed E-state index contributed by atoms with van der Waals surface area (Å²) in [6.45, 7) is 9.27. The van der Waals surface area contributed by atoms with Gasteiger partial charge in [-0.05, 0) is 56.7 Å². The maximum Gasteiger partial charge on any atom is 0.295 e. The summed E-state index contributed by atoms with van der Waals surface area (Å²) in [5.74, 6) is -1.07. The molecule has 1 atom stereocenters. The fourth-order valence-corrected chi connectivity index (χ4v) is 4.44. The summed E-state index contributed by atoms with van der Waals surface area (Å²) >= 11 is 6.24. The van der Waals surface area contributed by atoms with Crippen molar-refractivity contribution in [1.82, 2.24) is 9.80 Å². The molecule has 0 radical (unpaired) electrons. The zero-order chi connectivity index (χ0) is 24.1. The maximum absolute atomic E-state index is 13.1. The number of Topliss-reactive ketones (excluding diaryl/α,β-unsaturated/α-hetero) is 1. The van der Waals surface area contributed by atoms with Gasteiger partial charge in [0.25, 0.3) is 11.7 Å². The Morgan fingerprint density at radius 3 is 2.36 bits per heavy atom. The van der Waals surface area contributed by atoms with Gasteiger partial charge in [-0.3, -0.25) is 9.59 Å². The number of aliphatic hydroxyl groups excluding tert-OH is 1. The first-order valence-electron chi connectivity index (χ1n) is 11.2. The number of carbonyl (C=O) groups is 2. The molecule has 6 nitrogen and oxygen atoms in total. The van der Waals surface area contributed by atoms with E-state index in [0.717, 1.165) is 37.2 Å². The maximum atomic E-state index is 13.1. The monoisotopic (exact) mass is 470 g/mol. The predicted molar refractivity (Wildman–Crippen MR) is 131 cm³/mol. The molecule has 1 aliphatic heterocycles. The zero-order valence-corrected chi connectivity index (χ0v) is 20.4. The molecule has 1 heterocycles. The number of rotatable bonds is 9. The molecule has 0 bridgehead atoms. The van der Waals surface area contributed by atoms with Crippen molar-refractivity contribution in [2.45, 2.75) is 33.2 Å². The zero-order valence-electron chi connectivity index (χ0n) is 19.6.